The number of anilines is 1. The molecule has 2 aliphatic rings. The first-order valence-electron chi connectivity index (χ1n) is 12.0. The molecule has 1 heterocycles. The molecule has 0 aromatic heterocycles. The Hall–Kier alpha value is -2.41. The minimum Gasteiger partial charge on any atom is -0.353 e. The molecule has 32 heavy (non-hydrogen) atoms. The predicted molar refractivity (Wildman–Crippen MR) is 126 cm³/mol. The average Bonchev–Trinajstić information content (AvgIpc) is 2.80. The minimum atomic E-state index is -0.381. The fourth-order valence-corrected chi connectivity index (χ4v) is 4.81. The van der Waals surface area contributed by atoms with Crippen molar-refractivity contribution in [1.82, 2.24) is 15.5 Å². The van der Waals surface area contributed by atoms with E-state index in [4.69, 9.17) is 0 Å². The summed E-state index contributed by atoms with van der Waals surface area (Å²) in [5, 5.41) is 8.88. The standard InChI is InChI=1S/C25H38N4O3/c1-17-9-7-10-18(2)23(17)28-22(30)15-26-24(31)19(3)29-14-8-11-20(16-29)25(32)27-21-12-5-4-6-13-21/h7,9-10,19-21H,4-6,8,11-16H2,1-3H3,(H,26,31)(H,27,32)(H,28,30). The van der Waals surface area contributed by atoms with Crippen molar-refractivity contribution in [3.05, 3.63) is 29.3 Å². The Labute approximate surface area is 191 Å². The van der Waals surface area contributed by atoms with E-state index in [1.54, 1.807) is 0 Å². The second-order valence-corrected chi connectivity index (χ2v) is 9.39. The minimum absolute atomic E-state index is 0.0730. The molecule has 2 fully saturated rings. The molecule has 2 atom stereocenters. The third kappa shape index (κ3) is 6.55. The highest BCUT2D eigenvalue weighted by molar-refractivity contribution is 5.96. The fourth-order valence-electron chi connectivity index (χ4n) is 4.81. The lowest BCUT2D eigenvalue weighted by atomic mass is 9.92. The van der Waals surface area contributed by atoms with E-state index in [9.17, 15) is 14.4 Å². The summed E-state index contributed by atoms with van der Waals surface area (Å²) in [5.41, 5.74) is 2.77. The monoisotopic (exact) mass is 442 g/mol. The molecule has 3 rings (SSSR count). The second kappa shape index (κ2) is 11.5. The lowest BCUT2D eigenvalue weighted by molar-refractivity contribution is -0.132. The molecule has 1 saturated carbocycles. The maximum atomic E-state index is 12.8. The van der Waals surface area contributed by atoms with Gasteiger partial charge in [-0.3, -0.25) is 19.3 Å². The van der Waals surface area contributed by atoms with Crippen molar-refractivity contribution in [1.29, 1.82) is 0 Å². The molecule has 0 spiro atoms. The first-order chi connectivity index (χ1) is 15.3. The van der Waals surface area contributed by atoms with Crippen molar-refractivity contribution in [2.24, 2.45) is 5.92 Å². The van der Waals surface area contributed by atoms with Gasteiger partial charge in [0.1, 0.15) is 0 Å². The number of hydrogen-bond acceptors (Lipinski definition) is 4. The molecular formula is C25H38N4O3. The van der Waals surface area contributed by atoms with Crippen LogP contribution in [0.3, 0.4) is 0 Å². The Morgan fingerprint density at radius 3 is 2.41 bits per heavy atom. The molecule has 1 aromatic carbocycles. The van der Waals surface area contributed by atoms with Gasteiger partial charge >= 0.3 is 0 Å². The zero-order valence-electron chi connectivity index (χ0n) is 19.7. The number of likely N-dealkylation sites (tertiary alicyclic amines) is 1. The zero-order valence-corrected chi connectivity index (χ0v) is 19.7. The third-order valence-corrected chi connectivity index (χ3v) is 6.87. The average molecular weight is 443 g/mol. The van der Waals surface area contributed by atoms with E-state index in [0.717, 1.165) is 49.0 Å². The lowest BCUT2D eigenvalue weighted by Crippen LogP contribution is -2.53. The topological polar surface area (TPSA) is 90.5 Å². The van der Waals surface area contributed by atoms with Gasteiger partial charge in [-0.05, 0) is 64.1 Å². The van der Waals surface area contributed by atoms with E-state index in [0.29, 0.717) is 12.6 Å². The Balaban J connectivity index is 1.46. The van der Waals surface area contributed by atoms with Crippen LogP contribution in [0.2, 0.25) is 0 Å². The van der Waals surface area contributed by atoms with Crippen LogP contribution >= 0.6 is 0 Å². The van der Waals surface area contributed by atoms with E-state index in [2.05, 4.69) is 20.9 Å². The lowest BCUT2D eigenvalue weighted by Gasteiger charge is -2.36. The van der Waals surface area contributed by atoms with E-state index < -0.39 is 0 Å². The van der Waals surface area contributed by atoms with Crippen molar-refractivity contribution < 1.29 is 14.4 Å². The predicted octanol–water partition coefficient (Wildman–Crippen LogP) is 2.91. The van der Waals surface area contributed by atoms with Crippen molar-refractivity contribution in [3.8, 4) is 0 Å². The number of carbonyl (C=O) groups excluding carboxylic acids is 3. The fraction of sp³-hybridized carbons (Fsp3) is 0.640. The smallest absolute Gasteiger partial charge is 0.243 e. The van der Waals surface area contributed by atoms with Gasteiger partial charge in [0.2, 0.25) is 17.7 Å². The van der Waals surface area contributed by atoms with Gasteiger partial charge in [-0.25, -0.2) is 0 Å². The number of carbonyl (C=O) groups is 3. The molecule has 0 radical (unpaired) electrons. The van der Waals surface area contributed by atoms with Crippen LogP contribution in [0, 0.1) is 19.8 Å². The van der Waals surface area contributed by atoms with Crippen LogP contribution in [0.15, 0.2) is 18.2 Å². The Morgan fingerprint density at radius 2 is 1.72 bits per heavy atom. The highest BCUT2D eigenvalue weighted by Crippen LogP contribution is 2.22. The van der Waals surface area contributed by atoms with Crippen LogP contribution < -0.4 is 16.0 Å². The molecule has 3 amide bonds. The molecule has 0 bridgehead atoms. The molecule has 1 aliphatic carbocycles. The van der Waals surface area contributed by atoms with Gasteiger partial charge in [0.05, 0.1) is 18.5 Å². The summed E-state index contributed by atoms with van der Waals surface area (Å²) in [6.45, 7) is 7.04. The summed E-state index contributed by atoms with van der Waals surface area (Å²) < 4.78 is 0. The van der Waals surface area contributed by atoms with Crippen LogP contribution in [-0.4, -0.2) is 54.3 Å². The van der Waals surface area contributed by atoms with Gasteiger partial charge in [0, 0.05) is 18.3 Å². The Bertz CT molecular complexity index is 799. The highest BCUT2D eigenvalue weighted by Gasteiger charge is 2.32. The Kier molecular flexibility index (Phi) is 8.67. The summed E-state index contributed by atoms with van der Waals surface area (Å²) in [7, 11) is 0. The summed E-state index contributed by atoms with van der Waals surface area (Å²) in [6.07, 6.45) is 7.55. The zero-order chi connectivity index (χ0) is 23.1. The first kappa shape index (κ1) is 24.2. The van der Waals surface area contributed by atoms with Gasteiger partial charge in [0.25, 0.3) is 0 Å². The maximum Gasteiger partial charge on any atom is 0.243 e. The quantitative estimate of drug-likeness (QED) is 0.606. The molecule has 176 valence electrons. The van der Waals surface area contributed by atoms with E-state index in [1.165, 1.54) is 19.3 Å². The Morgan fingerprint density at radius 1 is 1.03 bits per heavy atom. The van der Waals surface area contributed by atoms with Crippen molar-refractivity contribution in [3.63, 3.8) is 0 Å². The molecule has 7 heteroatoms. The molecule has 1 aromatic rings. The summed E-state index contributed by atoms with van der Waals surface area (Å²) in [4.78, 5) is 39.9. The van der Waals surface area contributed by atoms with Crippen LogP contribution in [0.1, 0.15) is 63.0 Å². The molecule has 1 saturated heterocycles. The van der Waals surface area contributed by atoms with Gasteiger partial charge in [0.15, 0.2) is 0 Å². The van der Waals surface area contributed by atoms with Crippen molar-refractivity contribution in [2.75, 3.05) is 25.0 Å². The number of piperidine rings is 1. The number of rotatable bonds is 7. The molecule has 3 N–H and O–H groups in total. The van der Waals surface area contributed by atoms with Gasteiger partial charge in [-0.2, -0.15) is 0 Å². The number of amides is 3. The normalized spacial score (nSPS) is 20.9. The van der Waals surface area contributed by atoms with E-state index in [1.807, 2.05) is 39.0 Å². The van der Waals surface area contributed by atoms with Crippen molar-refractivity contribution in [2.45, 2.75) is 77.8 Å². The SMILES string of the molecule is Cc1cccc(C)c1NC(=O)CNC(=O)C(C)N1CCCC(C(=O)NC2CCCCC2)C1. The maximum absolute atomic E-state index is 12.8. The number of aryl methyl sites for hydroxylation is 2. The number of benzene rings is 1. The number of nitrogens with zero attached hydrogens (tertiary/aromatic N) is 1. The summed E-state index contributed by atoms with van der Waals surface area (Å²) >= 11 is 0. The molecule has 2 unspecified atom stereocenters. The van der Waals surface area contributed by atoms with Crippen LogP contribution in [0.4, 0.5) is 5.69 Å². The highest BCUT2D eigenvalue weighted by atomic mass is 16.2. The summed E-state index contributed by atoms with van der Waals surface area (Å²) in [5.74, 6) is -0.378. The second-order valence-electron chi connectivity index (χ2n) is 9.39. The van der Waals surface area contributed by atoms with Crippen LogP contribution in [-0.2, 0) is 14.4 Å². The van der Waals surface area contributed by atoms with Crippen molar-refractivity contribution >= 4 is 23.4 Å². The summed E-state index contributed by atoms with van der Waals surface area (Å²) in [6, 6.07) is 5.77. The van der Waals surface area contributed by atoms with E-state index in [-0.39, 0.29) is 36.2 Å². The number of hydrogen-bond donors (Lipinski definition) is 3. The molecule has 7 nitrogen and oxygen atoms in total. The number of para-hydroxylation sites is 1. The number of nitrogens with one attached hydrogen (secondary N) is 3. The first-order valence-corrected chi connectivity index (χ1v) is 12.0. The molecular weight excluding hydrogens is 404 g/mol. The molecule has 1 aliphatic heterocycles. The van der Waals surface area contributed by atoms with Gasteiger partial charge < -0.3 is 16.0 Å². The van der Waals surface area contributed by atoms with Crippen LogP contribution in [0.25, 0.3) is 0 Å². The largest absolute Gasteiger partial charge is 0.353 e. The third-order valence-electron chi connectivity index (χ3n) is 6.87. The van der Waals surface area contributed by atoms with E-state index >= 15 is 0 Å². The van der Waals surface area contributed by atoms with Gasteiger partial charge in [-0.1, -0.05) is 37.5 Å². The van der Waals surface area contributed by atoms with Crippen LogP contribution in [0.5, 0.6) is 0 Å². The van der Waals surface area contributed by atoms with Gasteiger partial charge in [-0.15, -0.1) is 0 Å².